The van der Waals surface area contributed by atoms with Crippen molar-refractivity contribution in [3.05, 3.63) is 0 Å². The van der Waals surface area contributed by atoms with Gasteiger partial charge in [0, 0.05) is 20.2 Å². The van der Waals surface area contributed by atoms with Crippen LogP contribution >= 0.6 is 0 Å². The summed E-state index contributed by atoms with van der Waals surface area (Å²) in [7, 11) is 1.62. The van der Waals surface area contributed by atoms with Gasteiger partial charge in [-0.3, -0.25) is 9.59 Å². The number of nitrogens with one attached hydrogen (secondary N) is 2. The standard InChI is InChI=1S/C13H24N2O4/c1-19-7-6-14-9-12(16)15-8-10-2-4-11(5-3-10)13(17)18/h10-11,14H,2-9H2,1H3,(H,15,16)(H,17,18). The molecule has 6 nitrogen and oxygen atoms in total. The first kappa shape index (κ1) is 15.9. The van der Waals surface area contributed by atoms with Crippen LogP contribution in [0.3, 0.4) is 0 Å². The summed E-state index contributed by atoms with van der Waals surface area (Å²) in [4.78, 5) is 22.3. The van der Waals surface area contributed by atoms with Gasteiger partial charge >= 0.3 is 5.97 Å². The molecule has 1 saturated carbocycles. The van der Waals surface area contributed by atoms with Gasteiger partial charge in [-0.05, 0) is 31.6 Å². The second kappa shape index (κ2) is 8.87. The van der Waals surface area contributed by atoms with E-state index in [1.54, 1.807) is 7.11 Å². The van der Waals surface area contributed by atoms with E-state index >= 15 is 0 Å². The maximum Gasteiger partial charge on any atom is 0.306 e. The van der Waals surface area contributed by atoms with Crippen LogP contribution in [-0.4, -0.2) is 50.3 Å². The Labute approximate surface area is 113 Å². The van der Waals surface area contributed by atoms with Gasteiger partial charge in [0.1, 0.15) is 0 Å². The second-order valence-electron chi connectivity index (χ2n) is 5.03. The molecule has 0 bridgehead atoms. The molecule has 0 aromatic carbocycles. The summed E-state index contributed by atoms with van der Waals surface area (Å²) in [5, 5.41) is 14.8. The molecule has 1 aliphatic carbocycles. The molecule has 1 aliphatic rings. The van der Waals surface area contributed by atoms with Crippen molar-refractivity contribution >= 4 is 11.9 Å². The number of amides is 1. The summed E-state index contributed by atoms with van der Waals surface area (Å²) in [6, 6.07) is 0. The van der Waals surface area contributed by atoms with Crippen LogP contribution in [0.5, 0.6) is 0 Å². The van der Waals surface area contributed by atoms with Crippen LogP contribution in [0.25, 0.3) is 0 Å². The zero-order valence-corrected chi connectivity index (χ0v) is 11.5. The highest BCUT2D eigenvalue weighted by Gasteiger charge is 2.25. The third-order valence-electron chi connectivity index (χ3n) is 3.55. The Bertz CT molecular complexity index is 288. The van der Waals surface area contributed by atoms with Crippen LogP contribution in [0, 0.1) is 11.8 Å². The van der Waals surface area contributed by atoms with Crippen LogP contribution in [0.4, 0.5) is 0 Å². The van der Waals surface area contributed by atoms with Gasteiger partial charge in [0.25, 0.3) is 0 Å². The lowest BCUT2D eigenvalue weighted by atomic mass is 9.82. The van der Waals surface area contributed by atoms with E-state index < -0.39 is 5.97 Å². The number of aliphatic carboxylic acids is 1. The second-order valence-corrected chi connectivity index (χ2v) is 5.03. The average molecular weight is 272 g/mol. The molecule has 19 heavy (non-hydrogen) atoms. The number of methoxy groups -OCH3 is 1. The van der Waals surface area contributed by atoms with Crippen molar-refractivity contribution < 1.29 is 19.4 Å². The van der Waals surface area contributed by atoms with E-state index in [1.807, 2.05) is 0 Å². The van der Waals surface area contributed by atoms with E-state index in [1.165, 1.54) is 0 Å². The highest BCUT2D eigenvalue weighted by Crippen LogP contribution is 2.28. The monoisotopic (exact) mass is 272 g/mol. The summed E-state index contributed by atoms with van der Waals surface area (Å²) in [6.45, 7) is 2.20. The van der Waals surface area contributed by atoms with Gasteiger partial charge < -0.3 is 20.5 Å². The fraction of sp³-hybridized carbons (Fsp3) is 0.846. The molecule has 0 aromatic heterocycles. The van der Waals surface area contributed by atoms with Crippen LogP contribution < -0.4 is 10.6 Å². The Morgan fingerprint density at radius 3 is 2.53 bits per heavy atom. The lowest BCUT2D eigenvalue weighted by Crippen LogP contribution is -2.38. The van der Waals surface area contributed by atoms with Crippen molar-refractivity contribution in [2.75, 3.05) is 33.4 Å². The molecular weight excluding hydrogens is 248 g/mol. The molecule has 0 spiro atoms. The van der Waals surface area contributed by atoms with Crippen molar-refractivity contribution in [2.24, 2.45) is 11.8 Å². The summed E-state index contributed by atoms with van der Waals surface area (Å²) in [5.41, 5.74) is 0. The molecule has 0 atom stereocenters. The van der Waals surface area contributed by atoms with Crippen molar-refractivity contribution in [1.29, 1.82) is 0 Å². The maximum atomic E-state index is 11.5. The zero-order chi connectivity index (χ0) is 14.1. The molecule has 0 heterocycles. The van der Waals surface area contributed by atoms with Gasteiger partial charge in [0.05, 0.1) is 19.1 Å². The first-order valence-corrected chi connectivity index (χ1v) is 6.82. The van der Waals surface area contributed by atoms with Crippen molar-refractivity contribution in [3.8, 4) is 0 Å². The SMILES string of the molecule is COCCNCC(=O)NCC1CCC(C(=O)O)CC1. The number of rotatable bonds is 8. The summed E-state index contributed by atoms with van der Waals surface area (Å²) >= 11 is 0. The van der Waals surface area contributed by atoms with Gasteiger partial charge in [-0.15, -0.1) is 0 Å². The van der Waals surface area contributed by atoms with E-state index in [0.29, 0.717) is 32.2 Å². The minimum atomic E-state index is -0.690. The average Bonchev–Trinajstić information content (AvgIpc) is 2.42. The number of carboxylic acids is 1. The number of carbonyl (C=O) groups excluding carboxylic acids is 1. The largest absolute Gasteiger partial charge is 0.481 e. The van der Waals surface area contributed by atoms with Crippen LogP contribution in [0.2, 0.25) is 0 Å². The zero-order valence-electron chi connectivity index (χ0n) is 11.5. The molecule has 1 rings (SSSR count). The van der Waals surface area contributed by atoms with Crippen LogP contribution in [0.1, 0.15) is 25.7 Å². The Morgan fingerprint density at radius 1 is 1.26 bits per heavy atom. The molecule has 0 saturated heterocycles. The smallest absolute Gasteiger partial charge is 0.306 e. The quantitative estimate of drug-likeness (QED) is 0.551. The summed E-state index contributed by atoms with van der Waals surface area (Å²) in [5.74, 6) is -0.484. The number of carbonyl (C=O) groups is 2. The van der Waals surface area contributed by atoms with E-state index in [4.69, 9.17) is 9.84 Å². The van der Waals surface area contributed by atoms with Crippen molar-refractivity contribution in [2.45, 2.75) is 25.7 Å². The molecule has 0 radical (unpaired) electrons. The molecule has 6 heteroatoms. The van der Waals surface area contributed by atoms with Gasteiger partial charge in [0.2, 0.25) is 5.91 Å². The summed E-state index contributed by atoms with van der Waals surface area (Å²) in [6.07, 6.45) is 3.21. The Morgan fingerprint density at radius 2 is 1.95 bits per heavy atom. The Hall–Kier alpha value is -1.14. The lowest BCUT2D eigenvalue weighted by molar-refractivity contribution is -0.143. The van der Waals surface area contributed by atoms with Crippen molar-refractivity contribution in [3.63, 3.8) is 0 Å². The first-order valence-electron chi connectivity index (χ1n) is 6.82. The third kappa shape index (κ3) is 6.54. The predicted molar refractivity (Wildman–Crippen MR) is 70.8 cm³/mol. The van der Waals surface area contributed by atoms with Gasteiger partial charge in [-0.2, -0.15) is 0 Å². The molecule has 1 fully saturated rings. The minimum absolute atomic E-state index is 0.0172. The molecular formula is C13H24N2O4. The Balaban J connectivity index is 2.06. The minimum Gasteiger partial charge on any atom is -0.481 e. The van der Waals surface area contributed by atoms with E-state index in [0.717, 1.165) is 25.7 Å². The fourth-order valence-electron chi connectivity index (χ4n) is 2.31. The van der Waals surface area contributed by atoms with Crippen LogP contribution in [-0.2, 0) is 14.3 Å². The van der Waals surface area contributed by atoms with Gasteiger partial charge in [-0.25, -0.2) is 0 Å². The topological polar surface area (TPSA) is 87.7 Å². The maximum absolute atomic E-state index is 11.5. The first-order chi connectivity index (χ1) is 9.13. The van der Waals surface area contributed by atoms with E-state index in [9.17, 15) is 9.59 Å². The molecule has 3 N–H and O–H groups in total. The molecule has 1 amide bonds. The molecule has 0 aromatic rings. The Kier molecular flexibility index (Phi) is 7.43. The number of carboxylic acid groups (broad SMARTS) is 1. The lowest BCUT2D eigenvalue weighted by Gasteiger charge is -2.26. The number of hydrogen-bond donors (Lipinski definition) is 3. The number of hydrogen-bond acceptors (Lipinski definition) is 4. The normalized spacial score (nSPS) is 23.0. The molecule has 0 unspecified atom stereocenters. The predicted octanol–water partition coefficient (Wildman–Crippen LogP) is 0.230. The van der Waals surface area contributed by atoms with Gasteiger partial charge in [0.15, 0.2) is 0 Å². The van der Waals surface area contributed by atoms with E-state index in [-0.39, 0.29) is 11.8 Å². The van der Waals surface area contributed by atoms with Gasteiger partial charge in [-0.1, -0.05) is 0 Å². The van der Waals surface area contributed by atoms with Crippen molar-refractivity contribution in [1.82, 2.24) is 10.6 Å². The number of ether oxygens (including phenoxy) is 1. The highest BCUT2D eigenvalue weighted by molar-refractivity contribution is 5.77. The van der Waals surface area contributed by atoms with Crippen LogP contribution in [0.15, 0.2) is 0 Å². The molecule has 110 valence electrons. The molecule has 0 aliphatic heterocycles. The third-order valence-corrected chi connectivity index (χ3v) is 3.55. The highest BCUT2D eigenvalue weighted by atomic mass is 16.5. The van der Waals surface area contributed by atoms with E-state index in [2.05, 4.69) is 10.6 Å². The fourth-order valence-corrected chi connectivity index (χ4v) is 2.31. The summed E-state index contributed by atoms with van der Waals surface area (Å²) < 4.78 is 4.87.